The normalized spacial score (nSPS) is 20.8. The highest BCUT2D eigenvalue weighted by Crippen LogP contribution is 2.41. The molecular formula is C18H17Cl3N2O6S. The molecule has 1 N–H and O–H groups in total. The summed E-state index contributed by atoms with van der Waals surface area (Å²) in [5.41, 5.74) is -0.0634. The SMILES string of the molecule is COC1=C(C(=O)OCC(Cl)(Cl)Cl)N2C(=O)[C@@H](NC(=O)COc3ccccc3)[C@H]2SC1. The summed E-state index contributed by atoms with van der Waals surface area (Å²) in [7, 11) is 1.38. The molecule has 1 saturated heterocycles. The predicted molar refractivity (Wildman–Crippen MR) is 112 cm³/mol. The number of alkyl halides is 3. The van der Waals surface area contributed by atoms with Crippen LogP contribution in [0.5, 0.6) is 5.75 Å². The van der Waals surface area contributed by atoms with Crippen molar-refractivity contribution in [3.63, 3.8) is 0 Å². The van der Waals surface area contributed by atoms with Gasteiger partial charge >= 0.3 is 5.97 Å². The van der Waals surface area contributed by atoms with Crippen molar-refractivity contribution < 1.29 is 28.6 Å². The van der Waals surface area contributed by atoms with Crippen LogP contribution in [0, 0.1) is 0 Å². The molecule has 0 radical (unpaired) electrons. The first-order chi connectivity index (χ1) is 14.2. The zero-order valence-corrected chi connectivity index (χ0v) is 18.7. The van der Waals surface area contributed by atoms with Gasteiger partial charge in [0, 0.05) is 0 Å². The van der Waals surface area contributed by atoms with E-state index in [2.05, 4.69) is 5.32 Å². The van der Waals surface area contributed by atoms with Crippen molar-refractivity contribution in [2.24, 2.45) is 0 Å². The summed E-state index contributed by atoms with van der Waals surface area (Å²) in [6.07, 6.45) is 0. The predicted octanol–water partition coefficient (Wildman–Crippen LogP) is 2.24. The van der Waals surface area contributed by atoms with Gasteiger partial charge in [-0.05, 0) is 12.1 Å². The Labute approximate surface area is 191 Å². The highest BCUT2D eigenvalue weighted by molar-refractivity contribution is 8.00. The summed E-state index contributed by atoms with van der Waals surface area (Å²) in [6, 6.07) is 8.01. The topological polar surface area (TPSA) is 94.2 Å². The van der Waals surface area contributed by atoms with Crippen LogP contribution in [0.25, 0.3) is 0 Å². The van der Waals surface area contributed by atoms with E-state index < -0.39 is 39.6 Å². The van der Waals surface area contributed by atoms with E-state index in [0.717, 1.165) is 0 Å². The van der Waals surface area contributed by atoms with Crippen LogP contribution in [-0.4, -0.2) is 64.0 Å². The number of methoxy groups -OCH3 is 1. The minimum Gasteiger partial charge on any atom is -0.498 e. The second kappa shape index (κ2) is 9.55. The van der Waals surface area contributed by atoms with E-state index in [0.29, 0.717) is 11.5 Å². The first-order valence-corrected chi connectivity index (χ1v) is 10.8. The summed E-state index contributed by atoms with van der Waals surface area (Å²) in [5.74, 6) is -0.691. The van der Waals surface area contributed by atoms with Gasteiger partial charge in [-0.25, -0.2) is 4.79 Å². The van der Waals surface area contributed by atoms with Crippen LogP contribution in [0.3, 0.4) is 0 Å². The molecule has 8 nitrogen and oxygen atoms in total. The number of hydrogen-bond acceptors (Lipinski definition) is 7. The lowest BCUT2D eigenvalue weighted by Gasteiger charge is -2.49. The summed E-state index contributed by atoms with van der Waals surface area (Å²) in [4.78, 5) is 38.6. The molecule has 0 bridgehead atoms. The van der Waals surface area contributed by atoms with Gasteiger partial charge < -0.3 is 19.5 Å². The molecule has 0 aliphatic carbocycles. The number of benzene rings is 1. The average Bonchev–Trinajstić information content (AvgIpc) is 2.73. The zero-order valence-electron chi connectivity index (χ0n) is 15.6. The Bertz CT molecular complexity index is 861. The lowest BCUT2D eigenvalue weighted by Crippen LogP contribution is -2.71. The molecule has 0 unspecified atom stereocenters. The number of para-hydroxylation sites is 1. The van der Waals surface area contributed by atoms with E-state index in [1.54, 1.807) is 24.3 Å². The largest absolute Gasteiger partial charge is 0.498 e. The smallest absolute Gasteiger partial charge is 0.358 e. The van der Waals surface area contributed by atoms with Crippen molar-refractivity contribution in [3.05, 3.63) is 41.8 Å². The van der Waals surface area contributed by atoms with Crippen LogP contribution in [-0.2, 0) is 23.9 Å². The van der Waals surface area contributed by atoms with Crippen LogP contribution in [0.1, 0.15) is 0 Å². The molecule has 2 atom stereocenters. The average molecular weight is 496 g/mol. The van der Waals surface area contributed by atoms with E-state index in [1.165, 1.54) is 23.8 Å². The Morgan fingerprint density at radius 3 is 2.60 bits per heavy atom. The second-order valence-corrected chi connectivity index (χ2v) is 9.84. The number of amides is 2. The maximum absolute atomic E-state index is 12.7. The number of halogens is 3. The molecule has 3 rings (SSSR count). The molecule has 2 aliphatic heterocycles. The van der Waals surface area contributed by atoms with Crippen LogP contribution >= 0.6 is 46.6 Å². The van der Waals surface area contributed by atoms with Gasteiger partial charge in [-0.15, -0.1) is 11.8 Å². The van der Waals surface area contributed by atoms with Gasteiger partial charge in [0.1, 0.15) is 29.5 Å². The van der Waals surface area contributed by atoms with Gasteiger partial charge in [0.25, 0.3) is 11.8 Å². The third-order valence-corrected chi connectivity index (χ3v) is 5.75. The molecule has 2 amide bonds. The molecule has 0 spiro atoms. The maximum atomic E-state index is 12.7. The van der Waals surface area contributed by atoms with Gasteiger partial charge in [0.05, 0.1) is 12.9 Å². The molecule has 30 heavy (non-hydrogen) atoms. The number of hydrogen-bond donors (Lipinski definition) is 1. The Morgan fingerprint density at radius 1 is 1.27 bits per heavy atom. The fourth-order valence-corrected chi connectivity index (χ4v) is 4.31. The summed E-state index contributed by atoms with van der Waals surface area (Å²) in [5, 5.41) is 2.14. The van der Waals surface area contributed by atoms with E-state index in [4.69, 9.17) is 49.0 Å². The summed E-state index contributed by atoms with van der Waals surface area (Å²) in [6.45, 7) is -0.740. The molecule has 12 heteroatoms. The van der Waals surface area contributed by atoms with Gasteiger partial charge in [-0.2, -0.15) is 0 Å². The highest BCUT2D eigenvalue weighted by Gasteiger charge is 2.55. The molecule has 1 fully saturated rings. The summed E-state index contributed by atoms with van der Waals surface area (Å²) < 4.78 is 13.8. The van der Waals surface area contributed by atoms with Crippen molar-refractivity contribution >= 4 is 64.3 Å². The number of β-lactam (4-membered cyclic amide) rings is 1. The number of rotatable bonds is 7. The van der Waals surface area contributed by atoms with Gasteiger partial charge in [-0.1, -0.05) is 53.0 Å². The van der Waals surface area contributed by atoms with Crippen molar-refractivity contribution in [3.8, 4) is 5.75 Å². The number of thioether (sulfide) groups is 1. The third-order valence-electron chi connectivity index (χ3n) is 4.17. The van der Waals surface area contributed by atoms with E-state index in [-0.39, 0.29) is 18.1 Å². The second-order valence-electron chi connectivity index (χ2n) is 6.22. The molecular weight excluding hydrogens is 479 g/mol. The molecule has 0 aromatic heterocycles. The number of carbonyl (C=O) groups is 3. The first kappa shape index (κ1) is 22.9. The van der Waals surface area contributed by atoms with Crippen molar-refractivity contribution in [1.29, 1.82) is 0 Å². The Balaban J connectivity index is 1.62. The van der Waals surface area contributed by atoms with E-state index in [9.17, 15) is 14.4 Å². The Hall–Kier alpha value is -1.81. The number of carbonyl (C=O) groups excluding carboxylic acids is 3. The van der Waals surface area contributed by atoms with Crippen LogP contribution < -0.4 is 10.1 Å². The first-order valence-electron chi connectivity index (χ1n) is 8.64. The minimum absolute atomic E-state index is 0.0634. The molecule has 1 aromatic rings. The van der Waals surface area contributed by atoms with Crippen LogP contribution in [0.15, 0.2) is 41.8 Å². The lowest BCUT2D eigenvalue weighted by atomic mass is 10.0. The Morgan fingerprint density at radius 2 is 1.97 bits per heavy atom. The van der Waals surface area contributed by atoms with Gasteiger partial charge in [-0.3, -0.25) is 14.5 Å². The van der Waals surface area contributed by atoms with Crippen molar-refractivity contribution in [2.45, 2.75) is 15.2 Å². The van der Waals surface area contributed by atoms with E-state index >= 15 is 0 Å². The lowest BCUT2D eigenvalue weighted by molar-refractivity contribution is -0.153. The molecule has 2 aliphatic rings. The van der Waals surface area contributed by atoms with Crippen molar-refractivity contribution in [1.82, 2.24) is 10.2 Å². The molecule has 0 saturated carbocycles. The highest BCUT2D eigenvalue weighted by atomic mass is 35.6. The maximum Gasteiger partial charge on any atom is 0.358 e. The quantitative estimate of drug-likeness (QED) is 0.352. The van der Waals surface area contributed by atoms with Crippen LogP contribution in [0.4, 0.5) is 0 Å². The number of nitrogens with one attached hydrogen (secondary N) is 1. The van der Waals surface area contributed by atoms with Crippen LogP contribution in [0.2, 0.25) is 0 Å². The third kappa shape index (κ3) is 5.26. The number of fused-ring (bicyclic) bond motifs is 1. The molecule has 2 heterocycles. The minimum atomic E-state index is -1.79. The summed E-state index contributed by atoms with van der Waals surface area (Å²) >= 11 is 18.2. The number of nitrogens with zero attached hydrogens (tertiary/aromatic N) is 1. The van der Waals surface area contributed by atoms with Gasteiger partial charge in [0.15, 0.2) is 12.3 Å². The fourth-order valence-electron chi connectivity index (χ4n) is 2.83. The van der Waals surface area contributed by atoms with Gasteiger partial charge in [0.2, 0.25) is 3.79 Å². The van der Waals surface area contributed by atoms with Crippen molar-refractivity contribution in [2.75, 3.05) is 26.1 Å². The number of esters is 1. The standard InChI is InChI=1S/C18H17Cl3N2O6S/c1-27-11-8-30-16-13(22-12(24)7-28-10-5-3-2-4-6-10)15(25)23(16)14(11)17(26)29-9-18(19,20)21/h2-6,13,16H,7-9H2,1H3,(H,22,24)/t13-,16-/m1/s1. The molecule has 162 valence electrons. The monoisotopic (exact) mass is 494 g/mol. The molecule has 1 aromatic carbocycles. The fraction of sp³-hybridized carbons (Fsp3) is 0.389. The van der Waals surface area contributed by atoms with E-state index in [1.807, 2.05) is 6.07 Å². The Kier molecular flexibility index (Phi) is 7.28. The zero-order chi connectivity index (χ0) is 21.9. The number of ether oxygens (including phenoxy) is 3.